The van der Waals surface area contributed by atoms with Gasteiger partial charge < -0.3 is 5.11 Å². The Morgan fingerprint density at radius 3 is 2.42 bits per heavy atom. The van der Waals surface area contributed by atoms with Crippen molar-refractivity contribution in [3.05, 3.63) is 69.7 Å². The van der Waals surface area contributed by atoms with Crippen molar-refractivity contribution in [2.75, 3.05) is 0 Å². The van der Waals surface area contributed by atoms with E-state index in [0.29, 0.717) is 10.6 Å². The van der Waals surface area contributed by atoms with E-state index in [9.17, 15) is 13.9 Å². The number of aliphatic hydroxyl groups is 1. The minimum absolute atomic E-state index is 0.113. The molecule has 0 aliphatic carbocycles. The molecule has 0 aromatic heterocycles. The fraction of sp³-hybridized carbons (Fsp3) is 0.200. The normalized spacial score (nSPS) is 14.2. The Labute approximate surface area is 115 Å². The summed E-state index contributed by atoms with van der Waals surface area (Å²) in [6.45, 7) is 2.88. The first kappa shape index (κ1) is 14.0. The Morgan fingerprint density at radius 1 is 1.11 bits per heavy atom. The summed E-state index contributed by atoms with van der Waals surface area (Å²) in [6, 6.07) is 9.26. The molecule has 0 radical (unpaired) electrons. The van der Waals surface area contributed by atoms with E-state index < -0.39 is 17.2 Å². The first-order chi connectivity index (χ1) is 8.84. The van der Waals surface area contributed by atoms with Crippen LogP contribution in [0.2, 0.25) is 5.02 Å². The van der Waals surface area contributed by atoms with Crippen molar-refractivity contribution in [2.45, 2.75) is 19.4 Å². The third kappa shape index (κ3) is 2.48. The van der Waals surface area contributed by atoms with Crippen LogP contribution in [-0.4, -0.2) is 5.11 Å². The summed E-state index contributed by atoms with van der Waals surface area (Å²) in [7, 11) is 0. The minimum Gasteiger partial charge on any atom is -0.381 e. The second-order valence-electron chi connectivity index (χ2n) is 4.64. The third-order valence-corrected chi connectivity index (χ3v) is 3.42. The largest absolute Gasteiger partial charge is 0.381 e. The summed E-state index contributed by atoms with van der Waals surface area (Å²) in [6.07, 6.45) is 0. The topological polar surface area (TPSA) is 20.2 Å². The molecule has 0 aliphatic rings. The number of benzene rings is 2. The highest BCUT2D eigenvalue weighted by molar-refractivity contribution is 6.30. The van der Waals surface area contributed by atoms with Crippen molar-refractivity contribution < 1.29 is 13.9 Å². The van der Waals surface area contributed by atoms with Gasteiger partial charge in [0.1, 0.15) is 5.60 Å². The molecule has 0 fully saturated rings. The zero-order chi connectivity index (χ0) is 14.2. The van der Waals surface area contributed by atoms with Crippen LogP contribution in [-0.2, 0) is 5.60 Å². The van der Waals surface area contributed by atoms with Crippen molar-refractivity contribution in [1.82, 2.24) is 0 Å². The molecule has 0 heterocycles. The van der Waals surface area contributed by atoms with Gasteiger partial charge in [-0.2, -0.15) is 0 Å². The smallest absolute Gasteiger partial charge is 0.165 e. The first-order valence-corrected chi connectivity index (χ1v) is 6.15. The van der Waals surface area contributed by atoms with Crippen LogP contribution >= 0.6 is 11.6 Å². The van der Waals surface area contributed by atoms with Crippen molar-refractivity contribution in [3.8, 4) is 0 Å². The summed E-state index contributed by atoms with van der Waals surface area (Å²) in [5, 5.41) is 10.9. The van der Waals surface area contributed by atoms with Gasteiger partial charge in [0.25, 0.3) is 0 Å². The van der Waals surface area contributed by atoms with Gasteiger partial charge in [0, 0.05) is 10.6 Å². The first-order valence-electron chi connectivity index (χ1n) is 5.77. The molecule has 0 spiro atoms. The van der Waals surface area contributed by atoms with E-state index in [1.54, 1.807) is 18.2 Å². The van der Waals surface area contributed by atoms with Crippen LogP contribution < -0.4 is 0 Å². The summed E-state index contributed by atoms with van der Waals surface area (Å²) in [5.41, 5.74) is -1.16. The Bertz CT molecular complexity index is 624. The van der Waals surface area contributed by atoms with Gasteiger partial charge in [-0.05, 0) is 37.1 Å². The van der Waals surface area contributed by atoms with Gasteiger partial charge >= 0.3 is 0 Å². The van der Waals surface area contributed by atoms with Crippen molar-refractivity contribution in [3.63, 3.8) is 0 Å². The summed E-state index contributed by atoms with van der Waals surface area (Å²) >= 11 is 5.86. The molecule has 0 bridgehead atoms. The molecule has 19 heavy (non-hydrogen) atoms. The Kier molecular flexibility index (Phi) is 3.61. The molecule has 0 amide bonds. The highest BCUT2D eigenvalue weighted by Gasteiger charge is 2.30. The van der Waals surface area contributed by atoms with E-state index in [-0.39, 0.29) is 11.1 Å². The highest BCUT2D eigenvalue weighted by atomic mass is 35.5. The number of rotatable bonds is 2. The lowest BCUT2D eigenvalue weighted by molar-refractivity contribution is 0.0970. The van der Waals surface area contributed by atoms with Crippen LogP contribution in [0.4, 0.5) is 8.78 Å². The molecular formula is C15H13ClF2O. The Morgan fingerprint density at radius 2 is 1.79 bits per heavy atom. The minimum atomic E-state index is -1.65. The molecule has 1 nitrogen and oxygen atoms in total. The van der Waals surface area contributed by atoms with Crippen LogP contribution in [0.15, 0.2) is 36.4 Å². The van der Waals surface area contributed by atoms with E-state index in [1.165, 1.54) is 32.0 Å². The Hall–Kier alpha value is -1.45. The summed E-state index contributed by atoms with van der Waals surface area (Å²) in [5.74, 6) is -1.98. The molecule has 0 saturated carbocycles. The SMILES string of the molecule is Cc1ccc(C(C)(O)c2cccc(Cl)c2)c(F)c1F. The molecule has 1 atom stereocenters. The summed E-state index contributed by atoms with van der Waals surface area (Å²) < 4.78 is 27.6. The van der Waals surface area contributed by atoms with Gasteiger partial charge in [-0.1, -0.05) is 35.9 Å². The fourth-order valence-electron chi connectivity index (χ4n) is 1.97. The number of hydrogen-bond acceptors (Lipinski definition) is 1. The predicted molar refractivity (Wildman–Crippen MR) is 71.2 cm³/mol. The van der Waals surface area contributed by atoms with E-state index in [4.69, 9.17) is 11.6 Å². The summed E-state index contributed by atoms with van der Waals surface area (Å²) in [4.78, 5) is 0. The van der Waals surface area contributed by atoms with Crippen LogP contribution in [0.25, 0.3) is 0 Å². The third-order valence-electron chi connectivity index (χ3n) is 3.19. The maximum atomic E-state index is 14.0. The van der Waals surface area contributed by atoms with Gasteiger partial charge in [0.15, 0.2) is 11.6 Å². The van der Waals surface area contributed by atoms with Gasteiger partial charge in [-0.15, -0.1) is 0 Å². The van der Waals surface area contributed by atoms with Gasteiger partial charge in [-0.25, -0.2) is 8.78 Å². The number of halogens is 3. The maximum Gasteiger partial charge on any atom is 0.165 e. The maximum absolute atomic E-state index is 14.0. The number of aryl methyl sites for hydroxylation is 1. The van der Waals surface area contributed by atoms with Crippen molar-refractivity contribution >= 4 is 11.6 Å². The van der Waals surface area contributed by atoms with Crippen LogP contribution in [0, 0.1) is 18.6 Å². The average molecular weight is 283 g/mol. The molecule has 1 unspecified atom stereocenters. The molecule has 2 aromatic carbocycles. The Balaban J connectivity index is 2.60. The van der Waals surface area contributed by atoms with E-state index in [2.05, 4.69) is 0 Å². The molecule has 1 N–H and O–H groups in total. The molecular weight excluding hydrogens is 270 g/mol. The molecule has 4 heteroatoms. The molecule has 2 rings (SSSR count). The quantitative estimate of drug-likeness (QED) is 0.876. The van der Waals surface area contributed by atoms with Gasteiger partial charge in [0.05, 0.1) is 0 Å². The van der Waals surface area contributed by atoms with E-state index >= 15 is 0 Å². The number of hydrogen-bond donors (Lipinski definition) is 1. The second kappa shape index (κ2) is 4.91. The molecule has 100 valence electrons. The van der Waals surface area contributed by atoms with Gasteiger partial charge in [-0.3, -0.25) is 0 Å². The van der Waals surface area contributed by atoms with Gasteiger partial charge in [0.2, 0.25) is 0 Å². The van der Waals surface area contributed by atoms with Crippen LogP contribution in [0.5, 0.6) is 0 Å². The second-order valence-corrected chi connectivity index (χ2v) is 5.08. The predicted octanol–water partition coefficient (Wildman–Crippen LogP) is 4.18. The van der Waals surface area contributed by atoms with Crippen molar-refractivity contribution in [1.29, 1.82) is 0 Å². The zero-order valence-electron chi connectivity index (χ0n) is 10.5. The monoisotopic (exact) mass is 282 g/mol. The highest BCUT2D eigenvalue weighted by Crippen LogP contribution is 2.33. The van der Waals surface area contributed by atoms with Crippen LogP contribution in [0.3, 0.4) is 0 Å². The average Bonchev–Trinajstić information content (AvgIpc) is 2.36. The van der Waals surface area contributed by atoms with E-state index in [0.717, 1.165) is 0 Å². The molecule has 0 saturated heterocycles. The molecule has 2 aromatic rings. The lowest BCUT2D eigenvalue weighted by atomic mass is 9.87. The standard InChI is InChI=1S/C15H13ClF2O/c1-9-6-7-12(14(18)13(9)17)15(2,19)10-4-3-5-11(16)8-10/h3-8,19H,1-2H3. The molecule has 0 aliphatic heterocycles. The lowest BCUT2D eigenvalue weighted by Gasteiger charge is -2.25. The lowest BCUT2D eigenvalue weighted by Crippen LogP contribution is -2.25. The van der Waals surface area contributed by atoms with E-state index in [1.807, 2.05) is 0 Å². The fourth-order valence-corrected chi connectivity index (χ4v) is 2.16. The van der Waals surface area contributed by atoms with Crippen molar-refractivity contribution in [2.24, 2.45) is 0 Å². The van der Waals surface area contributed by atoms with Crippen LogP contribution in [0.1, 0.15) is 23.6 Å². The zero-order valence-corrected chi connectivity index (χ0v) is 11.3.